The molecule has 218 valence electrons. The maximum atomic E-state index is 10.8. The van der Waals surface area contributed by atoms with Crippen molar-refractivity contribution < 1.29 is 35.8 Å². The van der Waals surface area contributed by atoms with Crippen LogP contribution in [-0.2, 0) is 9.59 Å². The molecular weight excluding hydrogens is 834 g/mol. The predicted molar refractivity (Wildman–Crippen MR) is 166 cm³/mol. The van der Waals surface area contributed by atoms with Crippen molar-refractivity contribution in [2.45, 2.75) is 29.6 Å². The van der Waals surface area contributed by atoms with Gasteiger partial charge in [0.05, 0.1) is 6.21 Å². The van der Waals surface area contributed by atoms with Gasteiger partial charge in [0.15, 0.2) is 11.6 Å². The number of benzene rings is 1. The molecule has 1 aromatic rings. The summed E-state index contributed by atoms with van der Waals surface area (Å²) in [5.41, 5.74) is 5.00. The second-order valence-corrected chi connectivity index (χ2v) is 15.5. The van der Waals surface area contributed by atoms with Crippen molar-refractivity contribution in [1.29, 1.82) is 0 Å². The molecule has 0 heterocycles. The average molecular weight is 876 g/mol. The van der Waals surface area contributed by atoms with E-state index in [1.807, 2.05) is 0 Å². The molecule has 13 heteroatoms. The third kappa shape index (κ3) is 27.7. The maximum absolute atomic E-state index is 10.8. The van der Waals surface area contributed by atoms with Crippen molar-refractivity contribution in [3.63, 3.8) is 0 Å². The van der Waals surface area contributed by atoms with Crippen LogP contribution in [0.15, 0.2) is 102 Å². The molecule has 0 atom stereocenters. The van der Waals surface area contributed by atoms with Crippen molar-refractivity contribution in [1.82, 2.24) is 11.0 Å². The Kier molecular flexibility index (Phi) is 39.7. The SMILES string of the molecule is O.O/N=C/c1ccccc1O.O=C1C=CC=CC1=CNO.O=C1C=CC=CC1=CNO.[CH3][Sn][CH3].[CH3][Sn][CH3].[CH3][Sn][CH3]. The van der Waals surface area contributed by atoms with Crippen LogP contribution in [-0.4, -0.2) is 107 Å². The number of nitrogens with zero attached hydrogens (tertiary/aromatic N) is 1. The number of ketones is 2. The van der Waals surface area contributed by atoms with E-state index in [1.165, 1.54) is 36.8 Å². The van der Waals surface area contributed by atoms with Crippen LogP contribution in [0.2, 0.25) is 29.6 Å². The third-order valence-corrected chi connectivity index (χ3v) is 3.41. The number of allylic oxidation sites excluding steroid dienone is 10. The molecule has 2 aliphatic rings. The fraction of sp³-hybridized carbons (Fsp3) is 0.222. The van der Waals surface area contributed by atoms with Crippen molar-refractivity contribution in [2.24, 2.45) is 5.16 Å². The summed E-state index contributed by atoms with van der Waals surface area (Å²) in [5, 5.41) is 36.3. The number of phenols is 1. The Morgan fingerprint density at radius 3 is 1.35 bits per heavy atom. The third-order valence-electron chi connectivity index (χ3n) is 3.41. The molecule has 40 heavy (non-hydrogen) atoms. The van der Waals surface area contributed by atoms with Gasteiger partial charge >= 0.3 is 93.1 Å². The van der Waals surface area contributed by atoms with Gasteiger partial charge in [-0.05, 0) is 36.4 Å². The molecule has 2 aliphatic carbocycles. The molecule has 0 aliphatic heterocycles. The molecule has 0 spiro atoms. The van der Waals surface area contributed by atoms with E-state index < -0.39 is 0 Å². The standard InChI is InChI=1S/3C7H7NO2.6CH3.H2O.3Sn/c3*9-7-4-2-1-3-6(7)5-8-10;;;;;;;;;;/h1-5,9-10H;2*1-5,8,10H;6*1H3;1H2;;;/b8-5+;;;;;;;;;;;;. The number of carbonyl (C=O) groups is 2. The average Bonchev–Trinajstić information content (AvgIpc) is 2.91. The number of aromatic hydroxyl groups is 1. The van der Waals surface area contributed by atoms with E-state index >= 15 is 0 Å². The van der Waals surface area contributed by atoms with Gasteiger partial charge in [-0.2, -0.15) is 0 Å². The molecule has 3 rings (SSSR count). The first-order valence-corrected chi connectivity index (χ1v) is 28.6. The summed E-state index contributed by atoms with van der Waals surface area (Å²) in [6.45, 7) is 0. The zero-order valence-electron chi connectivity index (χ0n) is 23.7. The Morgan fingerprint density at radius 2 is 1.05 bits per heavy atom. The van der Waals surface area contributed by atoms with Crippen molar-refractivity contribution in [2.75, 3.05) is 0 Å². The minimum absolute atomic E-state index is 0. The van der Waals surface area contributed by atoms with Crippen molar-refractivity contribution in [3.8, 4) is 5.75 Å². The van der Waals surface area contributed by atoms with Gasteiger partial charge < -0.3 is 15.8 Å². The van der Waals surface area contributed by atoms with Gasteiger partial charge in [-0.25, -0.2) is 0 Å². The van der Waals surface area contributed by atoms with E-state index in [1.54, 1.807) is 65.6 Å². The molecule has 0 amide bonds. The van der Waals surface area contributed by atoms with Crippen LogP contribution < -0.4 is 11.0 Å². The van der Waals surface area contributed by atoms with E-state index in [-0.39, 0.29) is 86.2 Å². The van der Waals surface area contributed by atoms with Crippen LogP contribution in [0.3, 0.4) is 0 Å². The molecule has 10 nitrogen and oxygen atoms in total. The molecule has 6 radical (unpaired) electrons. The number of oxime groups is 1. The van der Waals surface area contributed by atoms with Crippen LogP contribution in [0, 0.1) is 0 Å². The molecule has 8 N–H and O–H groups in total. The summed E-state index contributed by atoms with van der Waals surface area (Å²) in [6, 6.07) is 6.62. The number of carbonyl (C=O) groups excluding carboxylic acids is 2. The van der Waals surface area contributed by atoms with Crippen LogP contribution >= 0.6 is 0 Å². The number of hydroxylamine groups is 2. The number of hydrogen-bond acceptors (Lipinski definition) is 9. The fourth-order valence-corrected chi connectivity index (χ4v) is 2.00. The molecule has 0 saturated heterocycles. The summed E-state index contributed by atoms with van der Waals surface area (Å²) >= 11 is 0.690. The molecule has 0 aromatic heterocycles. The van der Waals surface area contributed by atoms with Gasteiger partial charge in [-0.3, -0.25) is 31.0 Å². The van der Waals surface area contributed by atoms with Gasteiger partial charge in [-0.1, -0.05) is 41.6 Å². The molecule has 0 bridgehead atoms. The van der Waals surface area contributed by atoms with Crippen LogP contribution in [0.1, 0.15) is 5.56 Å². The Bertz CT molecular complexity index is 952. The Hall–Kier alpha value is -1.85. The summed E-state index contributed by atoms with van der Waals surface area (Å²) < 4.78 is 0. The summed E-state index contributed by atoms with van der Waals surface area (Å²) in [5.74, 6) is -0.103. The van der Waals surface area contributed by atoms with E-state index in [0.29, 0.717) is 16.7 Å². The van der Waals surface area contributed by atoms with Crippen LogP contribution in [0.5, 0.6) is 5.75 Å². The van der Waals surface area contributed by atoms with E-state index in [4.69, 9.17) is 20.7 Å². The van der Waals surface area contributed by atoms with Crippen LogP contribution in [0.4, 0.5) is 0 Å². The predicted octanol–water partition coefficient (Wildman–Crippen LogP) is 3.82. The topological polar surface area (TPSA) is 183 Å². The van der Waals surface area contributed by atoms with E-state index in [9.17, 15) is 9.59 Å². The van der Waals surface area contributed by atoms with Gasteiger partial charge in [0, 0.05) is 29.1 Å². The number of hydrogen-bond donors (Lipinski definition) is 6. The Balaban J connectivity index is -0.000000209. The summed E-state index contributed by atoms with van der Waals surface area (Å²) in [6.07, 6.45) is 16.5. The molecule has 0 fully saturated rings. The fourth-order valence-electron chi connectivity index (χ4n) is 2.00. The number of rotatable bonds is 3. The number of para-hydroxylation sites is 1. The normalized spacial score (nSPS) is 14.0. The second kappa shape index (κ2) is 35.2. The first-order valence-electron chi connectivity index (χ1n) is 11.5. The molecule has 1 aromatic carbocycles. The van der Waals surface area contributed by atoms with Gasteiger partial charge in [0.1, 0.15) is 5.75 Å². The van der Waals surface area contributed by atoms with Crippen molar-refractivity contribution in [3.05, 3.63) is 102 Å². The first kappa shape index (κ1) is 45.1. The zero-order valence-corrected chi connectivity index (χ0v) is 32.3. The number of nitrogens with one attached hydrogen (secondary N) is 2. The van der Waals surface area contributed by atoms with Gasteiger partial charge in [0.25, 0.3) is 0 Å². The summed E-state index contributed by atoms with van der Waals surface area (Å²) in [7, 11) is 0. The van der Waals surface area contributed by atoms with Crippen molar-refractivity contribution >= 4 is 81.2 Å². The first-order chi connectivity index (χ1) is 18.8. The summed E-state index contributed by atoms with van der Waals surface area (Å²) in [4.78, 5) is 35.4. The Labute approximate surface area is 268 Å². The molecule has 0 saturated carbocycles. The van der Waals surface area contributed by atoms with Gasteiger partial charge in [0.2, 0.25) is 0 Å². The molecule has 0 unspecified atom stereocenters. The molecular formula is C27H41N3O7Sn3. The van der Waals surface area contributed by atoms with Gasteiger partial charge in [-0.15, -0.1) is 0 Å². The number of phenolic OH excluding ortho intramolecular Hbond substituents is 1. The zero-order chi connectivity index (χ0) is 30.3. The van der Waals surface area contributed by atoms with E-state index in [2.05, 4.69) is 34.8 Å². The second-order valence-electron chi connectivity index (χ2n) is 6.93. The Morgan fingerprint density at radius 1 is 0.700 bits per heavy atom. The minimum atomic E-state index is -0.107. The quantitative estimate of drug-likeness (QED) is 0.0872. The van der Waals surface area contributed by atoms with E-state index in [0.717, 1.165) is 0 Å². The van der Waals surface area contributed by atoms with Crippen LogP contribution in [0.25, 0.3) is 0 Å². The monoisotopic (exact) mass is 879 g/mol.